The van der Waals surface area contributed by atoms with Gasteiger partial charge < -0.3 is 10.1 Å². The lowest BCUT2D eigenvalue weighted by Gasteiger charge is -2.05. The van der Waals surface area contributed by atoms with Crippen LogP contribution in [0.5, 0.6) is 5.75 Å². The van der Waals surface area contributed by atoms with Crippen molar-refractivity contribution in [2.24, 2.45) is 0 Å². The summed E-state index contributed by atoms with van der Waals surface area (Å²) in [7, 11) is 1.33. The molecule has 0 bridgehead atoms. The fourth-order valence-corrected chi connectivity index (χ4v) is 1.56. The van der Waals surface area contributed by atoms with Gasteiger partial charge >= 0.3 is 5.69 Å². The van der Waals surface area contributed by atoms with E-state index in [-0.39, 0.29) is 23.5 Å². The van der Waals surface area contributed by atoms with E-state index in [1.54, 1.807) is 0 Å². The summed E-state index contributed by atoms with van der Waals surface area (Å²) in [4.78, 5) is 26.0. The first-order chi connectivity index (χ1) is 9.61. The van der Waals surface area contributed by atoms with Gasteiger partial charge in [0.05, 0.1) is 18.6 Å². The lowest BCUT2D eigenvalue weighted by Crippen LogP contribution is -2.23. The van der Waals surface area contributed by atoms with E-state index in [1.165, 1.54) is 25.6 Å². The number of nitrogens with zero attached hydrogens (tertiary/aromatic N) is 3. The topological polar surface area (TPSA) is 123 Å². The Balaban J connectivity index is 2.13. The largest absolute Gasteiger partial charge is 0.490 e. The maximum absolute atomic E-state index is 11.9. The summed E-state index contributed by atoms with van der Waals surface area (Å²) in [5.74, 6) is 0.135. The number of methoxy groups -OCH3 is 1. The van der Waals surface area contributed by atoms with Crippen molar-refractivity contribution >= 4 is 11.6 Å². The van der Waals surface area contributed by atoms with E-state index in [0.717, 1.165) is 6.07 Å². The molecule has 0 saturated carbocycles. The number of carbonyl (C=O) groups is 1. The number of aromatic nitrogens is 3. The number of ether oxygens (including phenoxy) is 1. The van der Waals surface area contributed by atoms with Gasteiger partial charge in [0.15, 0.2) is 5.75 Å². The predicted octanol–water partition coefficient (Wildman–Crippen LogP) is 0.651. The second kappa shape index (κ2) is 5.78. The number of nitro groups is 1. The van der Waals surface area contributed by atoms with Crippen LogP contribution in [0, 0.1) is 10.1 Å². The number of hydrogen-bond acceptors (Lipinski definition) is 6. The van der Waals surface area contributed by atoms with Crippen LogP contribution in [0.15, 0.2) is 24.5 Å². The molecule has 1 heterocycles. The Labute approximate surface area is 113 Å². The van der Waals surface area contributed by atoms with Crippen LogP contribution in [0.3, 0.4) is 0 Å². The van der Waals surface area contributed by atoms with Crippen LogP contribution in [0.4, 0.5) is 5.69 Å². The molecular formula is C11H11N5O4. The molecule has 0 spiro atoms. The van der Waals surface area contributed by atoms with E-state index in [9.17, 15) is 14.9 Å². The molecule has 0 atom stereocenters. The molecule has 1 aromatic carbocycles. The SMILES string of the molecule is COc1ccc(C(=O)NCc2ncn[nH]2)cc1[N+](=O)[O-]. The number of H-pyrrole nitrogens is 1. The van der Waals surface area contributed by atoms with Crippen molar-refractivity contribution in [1.29, 1.82) is 0 Å². The van der Waals surface area contributed by atoms with E-state index < -0.39 is 10.8 Å². The lowest BCUT2D eigenvalue weighted by atomic mass is 10.1. The molecule has 0 aliphatic rings. The first kappa shape index (κ1) is 13.5. The average molecular weight is 277 g/mol. The molecular weight excluding hydrogens is 266 g/mol. The van der Waals surface area contributed by atoms with E-state index >= 15 is 0 Å². The summed E-state index contributed by atoms with van der Waals surface area (Å²) in [6, 6.07) is 3.98. The second-order valence-corrected chi connectivity index (χ2v) is 3.76. The standard InChI is InChI=1S/C11H11N5O4/c1-20-9-3-2-7(4-8(9)16(18)19)11(17)12-5-10-13-6-14-15-10/h2-4,6H,5H2,1H3,(H,12,17)(H,13,14,15). The minimum Gasteiger partial charge on any atom is -0.490 e. The maximum atomic E-state index is 11.9. The molecule has 104 valence electrons. The second-order valence-electron chi connectivity index (χ2n) is 3.76. The highest BCUT2D eigenvalue weighted by Crippen LogP contribution is 2.27. The third-order valence-electron chi connectivity index (χ3n) is 2.52. The Bertz CT molecular complexity index is 626. The minimum absolute atomic E-state index is 0.0989. The summed E-state index contributed by atoms with van der Waals surface area (Å²) >= 11 is 0. The van der Waals surface area contributed by atoms with Crippen LogP contribution in [0.25, 0.3) is 0 Å². The first-order valence-corrected chi connectivity index (χ1v) is 5.56. The van der Waals surface area contributed by atoms with Gasteiger partial charge in [-0.25, -0.2) is 4.98 Å². The Hall–Kier alpha value is -2.97. The zero-order valence-electron chi connectivity index (χ0n) is 10.5. The number of amides is 1. The van der Waals surface area contributed by atoms with Gasteiger partial charge in [-0.05, 0) is 12.1 Å². The van der Waals surface area contributed by atoms with Crippen LogP contribution < -0.4 is 10.1 Å². The number of carbonyl (C=O) groups excluding carboxylic acids is 1. The molecule has 20 heavy (non-hydrogen) atoms. The van der Waals surface area contributed by atoms with Crippen molar-refractivity contribution in [3.8, 4) is 5.75 Å². The van der Waals surface area contributed by atoms with Gasteiger partial charge in [0.1, 0.15) is 12.2 Å². The molecule has 9 heteroatoms. The smallest absolute Gasteiger partial charge is 0.311 e. The van der Waals surface area contributed by atoms with E-state index in [1.807, 2.05) is 0 Å². The van der Waals surface area contributed by atoms with E-state index in [0.29, 0.717) is 5.82 Å². The third-order valence-corrected chi connectivity index (χ3v) is 2.52. The third kappa shape index (κ3) is 2.88. The zero-order valence-corrected chi connectivity index (χ0v) is 10.5. The van der Waals surface area contributed by atoms with Crippen LogP contribution in [-0.2, 0) is 6.54 Å². The number of aromatic amines is 1. The molecule has 2 rings (SSSR count). The highest BCUT2D eigenvalue weighted by molar-refractivity contribution is 5.95. The van der Waals surface area contributed by atoms with Crippen molar-refractivity contribution in [3.05, 3.63) is 46.0 Å². The molecule has 1 aromatic heterocycles. The van der Waals surface area contributed by atoms with Crippen molar-refractivity contribution in [2.75, 3.05) is 7.11 Å². The van der Waals surface area contributed by atoms with Crippen molar-refractivity contribution in [3.63, 3.8) is 0 Å². The summed E-state index contributed by atoms with van der Waals surface area (Å²) in [6.07, 6.45) is 1.32. The Kier molecular flexibility index (Phi) is 3.89. The summed E-state index contributed by atoms with van der Waals surface area (Å²) in [5.41, 5.74) is -0.100. The van der Waals surface area contributed by atoms with E-state index in [4.69, 9.17) is 4.74 Å². The summed E-state index contributed by atoms with van der Waals surface area (Å²) < 4.78 is 4.86. The molecule has 0 saturated heterocycles. The Morgan fingerprint density at radius 3 is 2.95 bits per heavy atom. The van der Waals surface area contributed by atoms with Crippen LogP contribution in [0.1, 0.15) is 16.2 Å². The van der Waals surface area contributed by atoms with Gasteiger partial charge in [-0.15, -0.1) is 0 Å². The molecule has 2 aromatic rings. The quantitative estimate of drug-likeness (QED) is 0.611. The fourth-order valence-electron chi connectivity index (χ4n) is 1.56. The molecule has 0 aliphatic heterocycles. The van der Waals surface area contributed by atoms with E-state index in [2.05, 4.69) is 20.5 Å². The van der Waals surface area contributed by atoms with Gasteiger partial charge in [-0.1, -0.05) is 0 Å². The zero-order chi connectivity index (χ0) is 14.5. The van der Waals surface area contributed by atoms with Crippen LogP contribution in [0.2, 0.25) is 0 Å². The van der Waals surface area contributed by atoms with Gasteiger partial charge in [0, 0.05) is 11.6 Å². The minimum atomic E-state index is -0.605. The highest BCUT2D eigenvalue weighted by Gasteiger charge is 2.18. The molecule has 0 unspecified atom stereocenters. The summed E-state index contributed by atoms with van der Waals surface area (Å²) in [6.45, 7) is 0.151. The van der Waals surface area contributed by atoms with Gasteiger partial charge in [-0.3, -0.25) is 20.0 Å². The Morgan fingerprint density at radius 1 is 1.55 bits per heavy atom. The molecule has 0 aliphatic carbocycles. The molecule has 0 radical (unpaired) electrons. The Morgan fingerprint density at radius 2 is 2.35 bits per heavy atom. The molecule has 9 nitrogen and oxygen atoms in total. The van der Waals surface area contributed by atoms with Crippen molar-refractivity contribution in [1.82, 2.24) is 20.5 Å². The monoisotopic (exact) mass is 277 g/mol. The van der Waals surface area contributed by atoms with Crippen molar-refractivity contribution in [2.45, 2.75) is 6.54 Å². The molecule has 0 fully saturated rings. The lowest BCUT2D eigenvalue weighted by molar-refractivity contribution is -0.385. The first-order valence-electron chi connectivity index (χ1n) is 5.56. The summed E-state index contributed by atoms with van der Waals surface area (Å²) in [5, 5.41) is 19.7. The maximum Gasteiger partial charge on any atom is 0.311 e. The van der Waals surface area contributed by atoms with Gasteiger partial charge in [0.25, 0.3) is 5.91 Å². The number of rotatable bonds is 5. The molecule has 2 N–H and O–H groups in total. The predicted molar refractivity (Wildman–Crippen MR) is 67.2 cm³/mol. The van der Waals surface area contributed by atoms with Crippen molar-refractivity contribution < 1.29 is 14.5 Å². The normalized spacial score (nSPS) is 10.1. The fraction of sp³-hybridized carbons (Fsp3) is 0.182. The van der Waals surface area contributed by atoms with Gasteiger partial charge in [0.2, 0.25) is 0 Å². The number of nitro benzene ring substituents is 1. The van der Waals surface area contributed by atoms with Crippen LogP contribution >= 0.6 is 0 Å². The van der Waals surface area contributed by atoms with Gasteiger partial charge in [-0.2, -0.15) is 5.10 Å². The molecule has 1 amide bonds. The number of nitrogens with one attached hydrogen (secondary N) is 2. The highest BCUT2D eigenvalue weighted by atomic mass is 16.6. The number of benzene rings is 1. The van der Waals surface area contributed by atoms with Crippen LogP contribution in [-0.4, -0.2) is 33.1 Å². The average Bonchev–Trinajstić information content (AvgIpc) is 2.97. The number of hydrogen-bond donors (Lipinski definition) is 2.